The molecule has 166 valence electrons. The van der Waals surface area contributed by atoms with E-state index in [1.54, 1.807) is 12.4 Å². The van der Waals surface area contributed by atoms with Gasteiger partial charge >= 0.3 is 0 Å². The van der Waals surface area contributed by atoms with Gasteiger partial charge in [0, 0.05) is 45.1 Å². The maximum absolute atomic E-state index is 13.2. The van der Waals surface area contributed by atoms with Crippen LogP contribution in [-0.2, 0) is 14.8 Å². The fourth-order valence-corrected chi connectivity index (χ4v) is 8.85. The molecular weight excluding hydrogens is 414 g/mol. The highest BCUT2D eigenvalue weighted by atomic mass is 32.2. The van der Waals surface area contributed by atoms with Crippen molar-refractivity contribution < 1.29 is 13.2 Å². The van der Waals surface area contributed by atoms with Crippen LogP contribution in [0.2, 0.25) is 0 Å². The molecule has 9 heteroatoms. The number of piperazine rings is 1. The van der Waals surface area contributed by atoms with Crippen LogP contribution in [-0.4, -0.2) is 78.0 Å². The van der Waals surface area contributed by atoms with Crippen molar-refractivity contribution in [3.8, 4) is 0 Å². The summed E-state index contributed by atoms with van der Waals surface area (Å²) in [5.74, 6) is 1.58. The van der Waals surface area contributed by atoms with Crippen molar-refractivity contribution in [2.45, 2.75) is 24.5 Å². The van der Waals surface area contributed by atoms with E-state index in [2.05, 4.69) is 31.9 Å². The zero-order chi connectivity index (χ0) is 21.2. The maximum Gasteiger partial charge on any atom is 0.241 e. The molecule has 3 heterocycles. The summed E-state index contributed by atoms with van der Waals surface area (Å²) < 4.78 is 27.6. The highest BCUT2D eigenvalue weighted by Gasteiger charge is 2.69. The summed E-state index contributed by atoms with van der Waals surface area (Å²) in [5, 5.41) is -0.493. The Hall–Kier alpha value is -2.00. The van der Waals surface area contributed by atoms with E-state index in [1.807, 2.05) is 6.07 Å². The number of anilines is 1. The second kappa shape index (κ2) is 7.27. The van der Waals surface area contributed by atoms with Crippen LogP contribution in [0.15, 0.2) is 30.6 Å². The van der Waals surface area contributed by atoms with E-state index in [1.165, 1.54) is 4.31 Å². The molecule has 0 spiro atoms. The number of amides is 1. The van der Waals surface area contributed by atoms with E-state index >= 15 is 0 Å². The first-order chi connectivity index (χ1) is 15.1. The third-order valence-electron chi connectivity index (χ3n) is 8.06. The molecule has 2 aliphatic heterocycles. The number of carbonyl (C=O) groups excluding carboxylic acids is 1. The standard InChI is InChI=1S/C22H29N5O3S/c28-21-19-15-4-5-16(18-14-17(15)18)20(19)31(29,30)27(21)9-2-1-8-25-10-12-26(13-11-25)22-23-6-3-7-24-22/h3-7,15-20H,1-2,8-14H2. The molecule has 1 amide bonds. The molecule has 8 nitrogen and oxygen atoms in total. The maximum atomic E-state index is 13.2. The number of carbonyl (C=O) groups is 1. The number of rotatable bonds is 6. The molecule has 2 bridgehead atoms. The van der Waals surface area contributed by atoms with Gasteiger partial charge in [-0.05, 0) is 55.5 Å². The summed E-state index contributed by atoms with van der Waals surface area (Å²) in [5.41, 5.74) is 0. The molecular formula is C22H29N5O3S. The molecule has 6 aliphatic rings. The number of unbranched alkanes of at least 4 members (excludes halogenated alkanes) is 1. The third-order valence-corrected chi connectivity index (χ3v) is 10.3. The summed E-state index contributed by atoms with van der Waals surface area (Å²) in [6, 6.07) is 1.82. The monoisotopic (exact) mass is 443 g/mol. The van der Waals surface area contributed by atoms with Gasteiger partial charge in [-0.25, -0.2) is 22.7 Å². The van der Waals surface area contributed by atoms with Crippen LogP contribution in [0.25, 0.3) is 0 Å². The fourth-order valence-electron chi connectivity index (χ4n) is 6.44. The topological polar surface area (TPSA) is 86.7 Å². The average Bonchev–Trinajstić information content (AvgIpc) is 3.59. The van der Waals surface area contributed by atoms with Gasteiger partial charge in [-0.15, -0.1) is 0 Å². The van der Waals surface area contributed by atoms with Gasteiger partial charge in [0.25, 0.3) is 0 Å². The predicted molar refractivity (Wildman–Crippen MR) is 116 cm³/mol. The lowest BCUT2D eigenvalue weighted by Gasteiger charge is -2.37. The summed E-state index contributed by atoms with van der Waals surface area (Å²) >= 11 is 0. The van der Waals surface area contributed by atoms with Gasteiger partial charge in [-0.3, -0.25) is 9.69 Å². The molecule has 4 aliphatic carbocycles. The molecule has 2 saturated heterocycles. The lowest BCUT2D eigenvalue weighted by Crippen LogP contribution is -2.47. The third kappa shape index (κ3) is 3.11. The van der Waals surface area contributed by atoms with Crippen molar-refractivity contribution in [3.63, 3.8) is 0 Å². The van der Waals surface area contributed by atoms with Gasteiger partial charge in [-0.1, -0.05) is 12.2 Å². The van der Waals surface area contributed by atoms with Gasteiger partial charge in [0.15, 0.2) is 0 Å². The van der Waals surface area contributed by atoms with Gasteiger partial charge in [0.05, 0.1) is 11.2 Å². The molecule has 4 fully saturated rings. The molecule has 0 N–H and O–H groups in total. The molecule has 31 heavy (non-hydrogen) atoms. The first-order valence-electron chi connectivity index (χ1n) is 11.5. The minimum atomic E-state index is -3.52. The highest BCUT2D eigenvalue weighted by molar-refractivity contribution is 7.90. The van der Waals surface area contributed by atoms with Gasteiger partial charge in [0.1, 0.15) is 0 Å². The number of hydrogen-bond donors (Lipinski definition) is 0. The second-order valence-corrected chi connectivity index (χ2v) is 11.6. The largest absolute Gasteiger partial charge is 0.338 e. The molecule has 2 saturated carbocycles. The van der Waals surface area contributed by atoms with E-state index < -0.39 is 15.3 Å². The minimum absolute atomic E-state index is 0.0591. The van der Waals surface area contributed by atoms with Crippen molar-refractivity contribution in [1.82, 2.24) is 19.2 Å². The number of sulfonamides is 1. The predicted octanol–water partition coefficient (Wildman–Crippen LogP) is 0.988. The second-order valence-electron chi connectivity index (χ2n) is 9.63. The van der Waals surface area contributed by atoms with Crippen LogP contribution in [0.1, 0.15) is 19.3 Å². The van der Waals surface area contributed by atoms with Crippen LogP contribution in [0.3, 0.4) is 0 Å². The summed E-state index contributed by atoms with van der Waals surface area (Å²) in [7, 11) is -3.52. The SMILES string of the molecule is O=C1C2C3C=CC(C4CC34)C2S(=O)(=O)N1CCCCN1CCN(c2ncccn2)CC1. The Bertz CT molecular complexity index is 992. The lowest BCUT2D eigenvalue weighted by molar-refractivity contribution is -0.131. The number of hydrogen-bond acceptors (Lipinski definition) is 7. The van der Waals surface area contributed by atoms with Gasteiger partial charge in [-0.2, -0.15) is 0 Å². The van der Waals surface area contributed by atoms with E-state index in [0.29, 0.717) is 18.4 Å². The number of aromatic nitrogens is 2. The summed E-state index contributed by atoms with van der Waals surface area (Å²) in [4.78, 5) is 26.3. The van der Waals surface area contributed by atoms with Gasteiger partial charge < -0.3 is 4.90 Å². The normalized spacial score (nSPS) is 37.7. The van der Waals surface area contributed by atoms with Crippen molar-refractivity contribution in [1.29, 1.82) is 0 Å². The Labute approximate surface area is 183 Å². The van der Waals surface area contributed by atoms with Crippen molar-refractivity contribution in [2.24, 2.45) is 29.6 Å². The molecule has 6 atom stereocenters. The van der Waals surface area contributed by atoms with Crippen LogP contribution >= 0.6 is 0 Å². The van der Waals surface area contributed by atoms with Crippen LogP contribution in [0, 0.1) is 29.6 Å². The minimum Gasteiger partial charge on any atom is -0.338 e. The smallest absolute Gasteiger partial charge is 0.241 e. The van der Waals surface area contributed by atoms with Crippen LogP contribution in [0.4, 0.5) is 5.95 Å². The van der Waals surface area contributed by atoms with Crippen molar-refractivity contribution >= 4 is 21.9 Å². The van der Waals surface area contributed by atoms with E-state index in [0.717, 1.165) is 57.9 Å². The lowest BCUT2D eigenvalue weighted by atomic mass is 9.68. The number of allylic oxidation sites excluding steroid dienone is 2. The van der Waals surface area contributed by atoms with E-state index in [-0.39, 0.29) is 23.7 Å². The van der Waals surface area contributed by atoms with Crippen molar-refractivity contribution in [3.05, 3.63) is 30.6 Å². The Morgan fingerprint density at radius 2 is 1.61 bits per heavy atom. The first kappa shape index (κ1) is 19.7. The van der Waals surface area contributed by atoms with E-state index in [4.69, 9.17) is 0 Å². The van der Waals surface area contributed by atoms with Crippen LogP contribution in [0.5, 0.6) is 0 Å². The van der Waals surface area contributed by atoms with E-state index in [9.17, 15) is 13.2 Å². The zero-order valence-electron chi connectivity index (χ0n) is 17.6. The molecule has 7 rings (SSSR count). The molecule has 6 unspecified atom stereocenters. The summed E-state index contributed by atoms with van der Waals surface area (Å²) in [6.07, 6.45) is 10.5. The fraction of sp³-hybridized carbons (Fsp3) is 0.682. The highest BCUT2D eigenvalue weighted by Crippen LogP contribution is 2.64. The Morgan fingerprint density at radius 1 is 0.935 bits per heavy atom. The Morgan fingerprint density at radius 3 is 2.39 bits per heavy atom. The zero-order valence-corrected chi connectivity index (χ0v) is 18.4. The van der Waals surface area contributed by atoms with Crippen molar-refractivity contribution in [2.75, 3.05) is 44.2 Å². The number of nitrogens with zero attached hydrogens (tertiary/aromatic N) is 5. The molecule has 0 radical (unpaired) electrons. The molecule has 1 aromatic heterocycles. The van der Waals surface area contributed by atoms with Crippen LogP contribution < -0.4 is 4.90 Å². The average molecular weight is 444 g/mol. The Balaban J connectivity index is 1.01. The Kier molecular flexibility index (Phi) is 4.61. The quantitative estimate of drug-likeness (QED) is 0.479. The van der Waals surface area contributed by atoms with Gasteiger partial charge in [0.2, 0.25) is 21.9 Å². The molecule has 0 aromatic carbocycles. The molecule has 1 aromatic rings. The summed E-state index contributed by atoms with van der Waals surface area (Å²) in [6.45, 7) is 4.94. The first-order valence-corrected chi connectivity index (χ1v) is 13.0.